The molecule has 0 aliphatic carbocycles. The molecule has 26 rings (SSSR count). The molecule has 3 heterocycles. The molecule has 23 aromatic rings. The number of hydrogen-bond acceptors (Lipinski definition) is 6. The second-order valence-electron chi connectivity index (χ2n) is 36.1. The zero-order valence-electron chi connectivity index (χ0n) is 78.9. The number of ether oxygens (including phenoxy) is 3. The minimum atomic E-state index is 0.863. The molecule has 0 spiro atoms. The maximum absolute atomic E-state index is 6.49. The average molecular weight is 1840 g/mol. The van der Waals surface area contributed by atoms with E-state index < -0.39 is 0 Å². The molecule has 6 nitrogen and oxygen atoms in total. The van der Waals surface area contributed by atoms with Crippen LogP contribution in [-0.2, 0) is 0 Å². The Morgan fingerprint density at radius 3 is 0.569 bits per heavy atom. The van der Waals surface area contributed by atoms with Gasteiger partial charge in [0.25, 0.3) is 0 Å². The molecule has 0 aromatic heterocycles. The molecule has 0 saturated heterocycles. The summed E-state index contributed by atoms with van der Waals surface area (Å²) in [6, 6.07) is 204. The van der Waals surface area contributed by atoms with Crippen LogP contribution in [0.1, 0.15) is 0 Å². The van der Waals surface area contributed by atoms with Crippen LogP contribution >= 0.6 is 0 Å². The van der Waals surface area contributed by atoms with E-state index in [9.17, 15) is 0 Å². The zero-order chi connectivity index (χ0) is 95.9. The van der Waals surface area contributed by atoms with Gasteiger partial charge in [-0.15, -0.1) is 0 Å². The average Bonchev–Trinajstić information content (AvgIpc) is 1.58. The number of rotatable bonds is 17. The summed E-state index contributed by atoms with van der Waals surface area (Å²) < 4.78 is 19.4. The highest BCUT2D eigenvalue weighted by atomic mass is 16.5. The Bertz CT molecular complexity index is 8200. The molecule has 23 aromatic carbocycles. The van der Waals surface area contributed by atoms with Gasteiger partial charge in [-0.1, -0.05) is 425 Å². The number of nitrogens with zero attached hydrogens (tertiary/aromatic N) is 3. The summed E-state index contributed by atoms with van der Waals surface area (Å²) in [4.78, 5) is 7.00. The van der Waals surface area contributed by atoms with Crippen molar-refractivity contribution in [3.05, 3.63) is 576 Å². The predicted octanol–water partition coefficient (Wildman–Crippen LogP) is 39.1. The molecule has 0 amide bonds. The van der Waals surface area contributed by atoms with Crippen LogP contribution in [0.25, 0.3) is 156 Å². The fourth-order valence-corrected chi connectivity index (χ4v) is 20.2. The first-order valence-electron chi connectivity index (χ1n) is 49.0. The van der Waals surface area contributed by atoms with E-state index in [4.69, 9.17) is 14.2 Å². The summed E-state index contributed by atoms with van der Waals surface area (Å²) in [5.74, 6) is 5.23. The van der Waals surface area contributed by atoms with Crippen molar-refractivity contribution < 1.29 is 14.2 Å². The zero-order valence-corrected chi connectivity index (χ0v) is 78.9. The quantitative estimate of drug-likeness (QED) is 0.0904. The summed E-state index contributed by atoms with van der Waals surface area (Å²) >= 11 is 0. The van der Waals surface area contributed by atoms with Crippen molar-refractivity contribution in [3.8, 4) is 190 Å². The minimum Gasteiger partial charge on any atom is -0.456 e. The Kier molecular flexibility index (Phi) is 24.2. The summed E-state index contributed by atoms with van der Waals surface area (Å²) in [7, 11) is 0. The predicted molar refractivity (Wildman–Crippen MR) is 600 cm³/mol. The summed E-state index contributed by atoms with van der Waals surface area (Å²) in [5, 5.41) is 0. The first-order valence-corrected chi connectivity index (χ1v) is 49.0. The molecule has 6 heteroatoms. The van der Waals surface area contributed by atoms with E-state index in [1.807, 2.05) is 48.5 Å². The van der Waals surface area contributed by atoms with Crippen LogP contribution in [0.15, 0.2) is 576 Å². The normalized spacial score (nSPS) is 11.4. The molecule has 3 aliphatic heterocycles. The van der Waals surface area contributed by atoms with Gasteiger partial charge in [-0.05, 0) is 268 Å². The second kappa shape index (κ2) is 39.8. The SMILES string of the molecule is c1ccc(-c2ccc(N(c3ccc(-c4ccccc4)cc3)c3ccc(-c4ccc5c(c4)-c4ccccc4Oc4ccccc4-5)cc3)cc2)cc1.c1ccc(-c2ccc(N(c3ccc(-c4ccccc4)cc3)c3ccc(-c4cccc5c4-c4ccccc4Oc4ccccc4-5)cc3)cc2)cc1.c1ccc(-c2ccc(N(c3ccc(-c4ccccc4)cc3)c3ccc4c(c3)-c3ccccc3Oc3ccccc3-4)cc2)cc1. The molecule has 0 saturated carbocycles. The molecular formula is C138H95N3O3. The van der Waals surface area contributed by atoms with Gasteiger partial charge in [-0.3, -0.25) is 0 Å². The van der Waals surface area contributed by atoms with Crippen molar-refractivity contribution in [3.63, 3.8) is 0 Å². The largest absolute Gasteiger partial charge is 0.456 e. The second-order valence-corrected chi connectivity index (χ2v) is 36.1. The van der Waals surface area contributed by atoms with E-state index in [2.05, 4.69) is 542 Å². The molecule has 0 radical (unpaired) electrons. The highest BCUT2D eigenvalue weighted by Gasteiger charge is 2.29. The third-order valence-corrected chi connectivity index (χ3v) is 27.3. The molecular weight excluding hydrogens is 1750 g/mol. The van der Waals surface area contributed by atoms with Crippen LogP contribution in [0.5, 0.6) is 34.5 Å². The van der Waals surface area contributed by atoms with Crippen molar-refractivity contribution in [1.82, 2.24) is 0 Å². The smallest absolute Gasteiger partial charge is 0.135 e. The van der Waals surface area contributed by atoms with Gasteiger partial charge in [0.15, 0.2) is 0 Å². The summed E-state index contributed by atoms with van der Waals surface area (Å²) in [6.45, 7) is 0. The standard InChI is InChI=1S/2C48H33NO.C42H29NO/c1-3-12-34(13-4-1)36-22-28-39(29-23-36)49(40-30-24-37(25-31-40)35-14-5-2-6-15-35)41-32-26-38(27-33-41)42-18-11-19-44-43-16-7-9-20-46(43)50-47-21-10-8-17-45(47)48(42)44;1-3-11-34(12-4-1)36-19-26-40(27-20-36)49(41-28-21-37(22-29-41)35-13-5-2-6-14-35)42-30-23-38(24-31-42)39-25-32-43-44-15-7-9-17-47(44)50-48-18-10-8-16-45(48)46(43)33-39;1-3-11-30(12-4-1)32-19-23-34(24-20-32)43(35-25-21-33(22-26-35)31-13-5-2-6-14-31)36-27-28-37-38-15-7-9-17-41(38)44-42-18-10-8-16-39(42)40(37)29-36/h2*1-33H;1-29H. The summed E-state index contributed by atoms with van der Waals surface area (Å²) in [6.07, 6.45) is 0. The van der Waals surface area contributed by atoms with Crippen LogP contribution in [0.2, 0.25) is 0 Å². The lowest BCUT2D eigenvalue weighted by atomic mass is 9.87. The molecule has 0 bridgehead atoms. The Hall–Kier alpha value is -19.1. The third kappa shape index (κ3) is 17.9. The maximum Gasteiger partial charge on any atom is 0.135 e. The highest BCUT2D eigenvalue weighted by molar-refractivity contribution is 6.01. The third-order valence-electron chi connectivity index (χ3n) is 27.3. The minimum absolute atomic E-state index is 0.863. The van der Waals surface area contributed by atoms with E-state index in [1.165, 1.54) is 94.6 Å². The van der Waals surface area contributed by atoms with Crippen LogP contribution in [0.4, 0.5) is 51.2 Å². The molecule has 0 atom stereocenters. The Balaban J connectivity index is 0.000000117. The van der Waals surface area contributed by atoms with E-state index in [0.29, 0.717) is 0 Å². The Morgan fingerprint density at radius 1 is 0.0972 bits per heavy atom. The lowest BCUT2D eigenvalue weighted by Crippen LogP contribution is -2.10. The van der Waals surface area contributed by atoms with Crippen molar-refractivity contribution >= 4 is 51.2 Å². The van der Waals surface area contributed by atoms with Crippen molar-refractivity contribution in [2.45, 2.75) is 0 Å². The fourth-order valence-electron chi connectivity index (χ4n) is 20.2. The topological polar surface area (TPSA) is 37.4 Å². The van der Waals surface area contributed by atoms with Crippen molar-refractivity contribution in [2.24, 2.45) is 0 Å². The van der Waals surface area contributed by atoms with Crippen molar-refractivity contribution in [1.29, 1.82) is 0 Å². The molecule has 0 fully saturated rings. The van der Waals surface area contributed by atoms with E-state index in [0.717, 1.165) is 147 Å². The van der Waals surface area contributed by atoms with E-state index in [-0.39, 0.29) is 0 Å². The van der Waals surface area contributed by atoms with Crippen LogP contribution in [0, 0.1) is 0 Å². The molecule has 680 valence electrons. The van der Waals surface area contributed by atoms with Crippen molar-refractivity contribution in [2.75, 3.05) is 14.7 Å². The maximum atomic E-state index is 6.49. The van der Waals surface area contributed by atoms with Gasteiger partial charge >= 0.3 is 0 Å². The summed E-state index contributed by atoms with van der Waals surface area (Å²) in [5.41, 5.74) is 42.5. The van der Waals surface area contributed by atoms with Crippen LogP contribution < -0.4 is 28.9 Å². The number of fused-ring (bicyclic) bond motifs is 15. The number of anilines is 9. The number of hydrogen-bond donors (Lipinski definition) is 0. The Labute approximate surface area is 840 Å². The molecule has 0 unspecified atom stereocenters. The first kappa shape index (κ1) is 87.6. The van der Waals surface area contributed by atoms with Gasteiger partial charge in [-0.25, -0.2) is 0 Å². The number of benzene rings is 23. The van der Waals surface area contributed by atoms with Gasteiger partial charge in [0, 0.05) is 90.1 Å². The molecule has 3 aliphatic rings. The highest BCUT2D eigenvalue weighted by Crippen LogP contribution is 2.55. The molecule has 0 N–H and O–H groups in total. The van der Waals surface area contributed by atoms with Crippen LogP contribution in [0.3, 0.4) is 0 Å². The van der Waals surface area contributed by atoms with Gasteiger partial charge in [0.05, 0.1) is 0 Å². The first-order chi connectivity index (χ1) is 71.4. The van der Waals surface area contributed by atoms with Gasteiger partial charge < -0.3 is 28.9 Å². The van der Waals surface area contributed by atoms with E-state index >= 15 is 0 Å². The lowest BCUT2D eigenvalue weighted by Gasteiger charge is -2.27. The lowest BCUT2D eigenvalue weighted by molar-refractivity contribution is 0.487. The Morgan fingerprint density at radius 2 is 0.278 bits per heavy atom. The fraction of sp³-hybridized carbons (Fsp3) is 0. The van der Waals surface area contributed by atoms with E-state index in [1.54, 1.807) is 0 Å². The van der Waals surface area contributed by atoms with Gasteiger partial charge in [0.2, 0.25) is 0 Å². The molecule has 144 heavy (non-hydrogen) atoms. The van der Waals surface area contributed by atoms with Gasteiger partial charge in [-0.2, -0.15) is 0 Å². The monoisotopic (exact) mass is 1840 g/mol. The number of para-hydroxylation sites is 6. The van der Waals surface area contributed by atoms with Crippen LogP contribution in [-0.4, -0.2) is 0 Å². The van der Waals surface area contributed by atoms with Gasteiger partial charge in [0.1, 0.15) is 34.5 Å².